The number of nitrogens with one attached hydrogen (secondary N) is 2. The van der Waals surface area contributed by atoms with Gasteiger partial charge in [0.2, 0.25) is 10.0 Å². The van der Waals surface area contributed by atoms with Crippen molar-refractivity contribution >= 4 is 21.8 Å². The van der Waals surface area contributed by atoms with Crippen LogP contribution in [-0.2, 0) is 24.3 Å². The van der Waals surface area contributed by atoms with Crippen molar-refractivity contribution in [3.05, 3.63) is 29.8 Å². The van der Waals surface area contributed by atoms with Gasteiger partial charge in [0.25, 0.3) is 0 Å². The monoisotopic (exact) mass is 377 g/mol. The van der Waals surface area contributed by atoms with E-state index >= 15 is 0 Å². The first-order chi connectivity index (χ1) is 11.8. The Morgan fingerprint density at radius 2 is 2.04 bits per heavy atom. The van der Waals surface area contributed by atoms with Gasteiger partial charge in [0.1, 0.15) is 22.8 Å². The van der Waals surface area contributed by atoms with Crippen LogP contribution in [0.15, 0.2) is 23.1 Å². The number of halogens is 2. The zero-order valence-electron chi connectivity index (χ0n) is 13.3. The Hall–Kier alpha value is -2.11. The molecule has 8 nitrogen and oxygen atoms in total. The average Bonchev–Trinajstić information content (AvgIpc) is 2.61. The predicted molar refractivity (Wildman–Crippen MR) is 81.7 cm³/mol. The molecular weight excluding hydrogens is 360 g/mol. The molecule has 11 heteroatoms. The summed E-state index contributed by atoms with van der Waals surface area (Å²) in [5.41, 5.74) is 0. The molecule has 1 aliphatic heterocycles. The van der Waals surface area contributed by atoms with Gasteiger partial charge in [-0.3, -0.25) is 9.59 Å². The minimum absolute atomic E-state index is 0.00119. The van der Waals surface area contributed by atoms with Crippen molar-refractivity contribution in [1.29, 1.82) is 0 Å². The fourth-order valence-corrected chi connectivity index (χ4v) is 3.92. The summed E-state index contributed by atoms with van der Waals surface area (Å²) in [7, 11) is -3.13. The van der Waals surface area contributed by atoms with Gasteiger partial charge < -0.3 is 15.4 Å². The summed E-state index contributed by atoms with van der Waals surface area (Å²) < 4.78 is 58.7. The van der Waals surface area contributed by atoms with Gasteiger partial charge >= 0.3 is 11.8 Å². The molecule has 138 valence electrons. The molecule has 1 aliphatic rings. The van der Waals surface area contributed by atoms with Crippen LogP contribution in [-0.4, -0.2) is 57.5 Å². The number of benzene rings is 1. The maximum absolute atomic E-state index is 13.9. The van der Waals surface area contributed by atoms with E-state index < -0.39 is 44.6 Å². The summed E-state index contributed by atoms with van der Waals surface area (Å²) >= 11 is 0. The molecular formula is C14H17F2N3O5S. The van der Waals surface area contributed by atoms with Crippen molar-refractivity contribution in [3.8, 4) is 0 Å². The quantitative estimate of drug-likeness (QED) is 0.693. The fourth-order valence-electron chi connectivity index (χ4n) is 2.28. The van der Waals surface area contributed by atoms with E-state index in [4.69, 9.17) is 4.74 Å². The largest absolute Gasteiger partial charge is 0.360 e. The molecule has 1 fully saturated rings. The molecule has 1 heterocycles. The molecule has 1 saturated heterocycles. The number of hydrogen-bond donors (Lipinski definition) is 2. The van der Waals surface area contributed by atoms with Gasteiger partial charge in [0.15, 0.2) is 0 Å². The van der Waals surface area contributed by atoms with Gasteiger partial charge in [0.05, 0.1) is 13.2 Å². The first-order valence-corrected chi connectivity index (χ1v) is 8.79. The molecule has 0 saturated carbocycles. The maximum Gasteiger partial charge on any atom is 0.309 e. The molecule has 0 aromatic heterocycles. The van der Waals surface area contributed by atoms with E-state index in [1.54, 1.807) is 0 Å². The van der Waals surface area contributed by atoms with Crippen molar-refractivity contribution in [2.45, 2.75) is 17.5 Å². The number of sulfonamides is 1. The molecule has 2 amide bonds. The third-order valence-corrected chi connectivity index (χ3v) is 5.41. The lowest BCUT2D eigenvalue weighted by Crippen LogP contribution is -2.53. The van der Waals surface area contributed by atoms with E-state index in [-0.39, 0.29) is 19.7 Å². The highest BCUT2D eigenvalue weighted by atomic mass is 32.2. The Morgan fingerprint density at radius 3 is 2.72 bits per heavy atom. The summed E-state index contributed by atoms with van der Waals surface area (Å²) in [4.78, 5) is 21.8. The number of nitrogens with zero attached hydrogens (tertiary/aromatic N) is 1. The predicted octanol–water partition coefficient (Wildman–Crippen LogP) is -0.436. The molecule has 0 spiro atoms. The SMILES string of the molecule is CNC(=O)C(=O)NCC1OCCCN1S(=O)(=O)c1cc(F)ccc1F. The van der Waals surface area contributed by atoms with Crippen molar-refractivity contribution in [3.63, 3.8) is 0 Å². The molecule has 2 N–H and O–H groups in total. The van der Waals surface area contributed by atoms with Crippen LogP contribution in [0.25, 0.3) is 0 Å². The van der Waals surface area contributed by atoms with Gasteiger partial charge in [-0.25, -0.2) is 17.2 Å². The highest BCUT2D eigenvalue weighted by Gasteiger charge is 2.36. The number of carbonyl (C=O) groups is 2. The third-order valence-electron chi connectivity index (χ3n) is 3.50. The second-order valence-corrected chi connectivity index (χ2v) is 7.02. The number of hydrogen-bond acceptors (Lipinski definition) is 5. The second-order valence-electron chi connectivity index (χ2n) is 5.16. The smallest absolute Gasteiger partial charge is 0.309 e. The molecule has 1 unspecified atom stereocenters. The van der Waals surface area contributed by atoms with Crippen LogP contribution in [0.3, 0.4) is 0 Å². The van der Waals surface area contributed by atoms with Crippen LogP contribution in [0.2, 0.25) is 0 Å². The number of ether oxygens (including phenoxy) is 1. The van der Waals surface area contributed by atoms with E-state index in [9.17, 15) is 26.8 Å². The molecule has 1 aromatic rings. The fraction of sp³-hybridized carbons (Fsp3) is 0.429. The van der Waals surface area contributed by atoms with Crippen molar-refractivity contribution in [2.75, 3.05) is 26.7 Å². The lowest BCUT2D eigenvalue weighted by molar-refractivity contribution is -0.139. The molecule has 1 atom stereocenters. The Bertz CT molecular complexity index is 772. The molecule has 25 heavy (non-hydrogen) atoms. The molecule has 0 aliphatic carbocycles. The summed E-state index contributed by atoms with van der Waals surface area (Å²) in [5, 5.41) is 4.35. The molecule has 1 aromatic carbocycles. The molecule has 0 radical (unpaired) electrons. The first kappa shape index (κ1) is 19.2. The van der Waals surface area contributed by atoms with Gasteiger partial charge in [-0.1, -0.05) is 0 Å². The van der Waals surface area contributed by atoms with Crippen molar-refractivity contribution < 1.29 is 31.5 Å². The zero-order chi connectivity index (χ0) is 18.6. The van der Waals surface area contributed by atoms with Crippen LogP contribution >= 0.6 is 0 Å². The van der Waals surface area contributed by atoms with Crippen molar-refractivity contribution in [2.24, 2.45) is 0 Å². The second kappa shape index (κ2) is 7.85. The van der Waals surface area contributed by atoms with E-state index in [0.717, 1.165) is 16.4 Å². The Labute approximate surface area is 143 Å². The average molecular weight is 377 g/mol. The summed E-state index contributed by atoms with van der Waals surface area (Å²) in [5.74, 6) is -3.87. The van der Waals surface area contributed by atoms with E-state index in [1.165, 1.54) is 7.05 Å². The minimum atomic E-state index is -4.40. The lowest BCUT2D eigenvalue weighted by atomic mass is 10.3. The highest BCUT2D eigenvalue weighted by molar-refractivity contribution is 7.89. The minimum Gasteiger partial charge on any atom is -0.360 e. The van der Waals surface area contributed by atoms with Crippen LogP contribution in [0.4, 0.5) is 8.78 Å². The lowest BCUT2D eigenvalue weighted by Gasteiger charge is -2.34. The number of amides is 2. The first-order valence-electron chi connectivity index (χ1n) is 7.35. The van der Waals surface area contributed by atoms with Crippen LogP contribution in [0.1, 0.15) is 6.42 Å². The van der Waals surface area contributed by atoms with Gasteiger partial charge in [-0.05, 0) is 24.6 Å². The summed E-state index contributed by atoms with van der Waals surface area (Å²) in [6.45, 7) is -0.0978. The van der Waals surface area contributed by atoms with Gasteiger partial charge in [-0.2, -0.15) is 4.31 Å². The van der Waals surface area contributed by atoms with E-state index in [0.29, 0.717) is 12.5 Å². The topological polar surface area (TPSA) is 105 Å². The van der Waals surface area contributed by atoms with E-state index in [1.807, 2.05) is 0 Å². The third kappa shape index (κ3) is 4.30. The zero-order valence-corrected chi connectivity index (χ0v) is 14.1. The highest BCUT2D eigenvalue weighted by Crippen LogP contribution is 2.24. The Morgan fingerprint density at radius 1 is 1.32 bits per heavy atom. The standard InChI is InChI=1S/C14H17F2N3O5S/c1-17-13(20)14(21)18-8-12-19(5-2-6-24-12)25(22,23)11-7-9(15)3-4-10(11)16/h3-4,7,12H,2,5-6,8H2,1H3,(H,17,20)(H,18,21). The van der Waals surface area contributed by atoms with Gasteiger partial charge in [0, 0.05) is 13.6 Å². The number of likely N-dealkylation sites (N-methyl/N-ethyl adjacent to an activating group) is 1. The number of rotatable bonds is 4. The molecule has 2 rings (SSSR count). The number of carbonyl (C=O) groups excluding carboxylic acids is 2. The Balaban J connectivity index is 2.23. The Kier molecular flexibility index (Phi) is 6.03. The van der Waals surface area contributed by atoms with Crippen molar-refractivity contribution in [1.82, 2.24) is 14.9 Å². The van der Waals surface area contributed by atoms with E-state index in [2.05, 4.69) is 10.6 Å². The molecule has 0 bridgehead atoms. The van der Waals surface area contributed by atoms with Crippen LogP contribution in [0.5, 0.6) is 0 Å². The normalized spacial score (nSPS) is 18.6. The summed E-state index contributed by atoms with van der Waals surface area (Å²) in [6.07, 6.45) is -0.800. The van der Waals surface area contributed by atoms with Crippen LogP contribution < -0.4 is 10.6 Å². The van der Waals surface area contributed by atoms with Gasteiger partial charge in [-0.15, -0.1) is 0 Å². The van der Waals surface area contributed by atoms with Crippen LogP contribution in [0, 0.1) is 11.6 Å². The summed E-state index contributed by atoms with van der Waals surface area (Å²) in [6, 6.07) is 2.11. The maximum atomic E-state index is 13.9.